The highest BCUT2D eigenvalue weighted by molar-refractivity contribution is 7.13. The van der Waals surface area contributed by atoms with Crippen LogP contribution in [0.3, 0.4) is 0 Å². The minimum atomic E-state index is 0.162. The smallest absolute Gasteiger partial charge is 0.192 e. The minimum absolute atomic E-state index is 0.162. The third-order valence-corrected chi connectivity index (χ3v) is 23.7. The molecule has 0 aliphatic carbocycles. The Morgan fingerprint density at radius 2 is 0.777 bits per heavy atom. The van der Waals surface area contributed by atoms with E-state index in [1.807, 2.05) is 88.2 Å². The Balaban J connectivity index is 0.000000140. The maximum absolute atomic E-state index is 5.49. The molecule has 1 aliphatic heterocycles. The van der Waals surface area contributed by atoms with E-state index in [2.05, 4.69) is 386 Å². The van der Waals surface area contributed by atoms with Crippen LogP contribution in [-0.2, 0) is 62.3 Å². The third kappa shape index (κ3) is 26.8. The third-order valence-electron chi connectivity index (χ3n) is 22.4. The number of hydrogen-bond acceptors (Lipinski definition) is 18. The standard InChI is InChI=1S/C12H16N2.2C12H15NO.C12H14O.3C11H13NO.C11H13NS.C10H12N2S.C9H9N/c1-12(2,3)9-5-6-10-11(7-9)14(4)8-13-10;1-8-13-10-7-9(12(2,3)4)5-6-11(10)14-8;1-8-13-10-6-5-9(12(2,3)4)7-11(10)14-8;1-12(2,3)10-4-5-11-9(8-10)6-7-13-11;1-11(2,3)9-4-5-10-8(6-9)7-12-13-10;1-11(2,3)9-5-4-8-7-12-13-10(8)6-9;1-11(2,3)8-4-5-9-10(6-8)13-7-12-9;1-11(2,3)9-4-5-10-8(6-9)7-12-13-10;1-10(2,3)7-4-5-8-9(6-7)12-13-11-8;1-7-2-3-8-5-10-6-9(8)4-7/h5-8H,1-4H3;2*5-7H,1-4H3;4-8H,1-3H3;4*4-7H,1-3H3;4-6H,1-3H3;2-4,6H,5H2,1H3. The molecule has 19 aromatic rings. The van der Waals surface area contributed by atoms with E-state index in [0.29, 0.717) is 0 Å². The molecule has 0 N–H and O–H groups in total. The van der Waals surface area contributed by atoms with E-state index >= 15 is 0 Å². The van der Waals surface area contributed by atoms with Crippen LogP contribution in [0.4, 0.5) is 0 Å². The second kappa shape index (κ2) is 40.1. The molecule has 0 bridgehead atoms. The van der Waals surface area contributed by atoms with Gasteiger partial charge in [0.1, 0.15) is 33.2 Å². The number of fused-ring (bicyclic) bond motifs is 10. The molecule has 10 heterocycles. The molecule has 17 nitrogen and oxygen atoms in total. The molecule has 0 atom stereocenters. The number of imidazole rings is 1. The van der Waals surface area contributed by atoms with E-state index in [1.54, 1.807) is 30.2 Å². The van der Waals surface area contributed by atoms with Gasteiger partial charge in [0.2, 0.25) is 0 Å². The van der Waals surface area contributed by atoms with E-state index < -0.39 is 0 Å². The minimum Gasteiger partial charge on any atom is -0.464 e. The predicted molar refractivity (Wildman–Crippen MR) is 544 cm³/mol. The first-order chi connectivity index (χ1) is 60.7. The van der Waals surface area contributed by atoms with Crippen LogP contribution in [0.2, 0.25) is 0 Å². The van der Waals surface area contributed by atoms with Crippen molar-refractivity contribution in [3.8, 4) is 0 Å². The molecule has 10 aromatic carbocycles. The zero-order valence-corrected chi connectivity index (χ0v) is 84.0. The predicted octanol–water partition coefficient (Wildman–Crippen LogP) is 31.4. The van der Waals surface area contributed by atoms with Gasteiger partial charge in [0.25, 0.3) is 0 Å². The number of benzene rings is 10. The monoisotopic (exact) mass is 1780 g/mol. The van der Waals surface area contributed by atoms with E-state index in [1.165, 1.54) is 106 Å². The molecule has 20 rings (SSSR count). The lowest BCUT2D eigenvalue weighted by Gasteiger charge is -2.18. The van der Waals surface area contributed by atoms with Gasteiger partial charge in [-0.25, -0.2) is 19.9 Å². The molecule has 0 spiro atoms. The van der Waals surface area contributed by atoms with E-state index in [-0.39, 0.29) is 48.7 Å². The number of rotatable bonds is 0. The lowest BCUT2D eigenvalue weighted by Crippen LogP contribution is -2.10. The fraction of sp³-hybridized carbons (Fsp3) is 0.369. The highest BCUT2D eigenvalue weighted by atomic mass is 32.1. The van der Waals surface area contributed by atoms with Crippen molar-refractivity contribution in [3.63, 3.8) is 0 Å². The van der Waals surface area contributed by atoms with Crippen LogP contribution in [0.5, 0.6) is 0 Å². The highest BCUT2D eigenvalue weighted by Gasteiger charge is 2.23. The van der Waals surface area contributed by atoms with Crippen LogP contribution in [0.25, 0.3) is 98.4 Å². The van der Waals surface area contributed by atoms with Crippen molar-refractivity contribution < 1.29 is 26.7 Å². The molecule has 680 valence electrons. The van der Waals surface area contributed by atoms with E-state index in [9.17, 15) is 0 Å². The summed E-state index contributed by atoms with van der Waals surface area (Å²) in [6.45, 7) is 66.2. The van der Waals surface area contributed by atoms with Crippen molar-refractivity contribution in [2.24, 2.45) is 12.0 Å². The molecule has 0 saturated heterocycles. The largest absolute Gasteiger partial charge is 0.464 e. The summed E-state index contributed by atoms with van der Waals surface area (Å²) in [4.78, 5) is 21.1. The summed E-state index contributed by atoms with van der Waals surface area (Å²) in [5, 5.41) is 12.1. The van der Waals surface area contributed by atoms with Gasteiger partial charge in [-0.1, -0.05) is 276 Å². The zero-order valence-electron chi connectivity index (χ0n) is 82.3. The second-order valence-corrected chi connectivity index (χ2v) is 44.1. The maximum atomic E-state index is 5.49. The summed E-state index contributed by atoms with van der Waals surface area (Å²) in [5.74, 6) is 1.46. The first-order valence-electron chi connectivity index (χ1n) is 44.6. The van der Waals surface area contributed by atoms with Gasteiger partial charge >= 0.3 is 0 Å². The normalized spacial score (nSPS) is 12.4. The molecule has 130 heavy (non-hydrogen) atoms. The molecule has 0 unspecified atom stereocenters. The van der Waals surface area contributed by atoms with Gasteiger partial charge in [0.15, 0.2) is 46.1 Å². The van der Waals surface area contributed by atoms with Gasteiger partial charge in [0, 0.05) is 54.9 Å². The number of hydrogen-bond donors (Lipinski definition) is 0. The van der Waals surface area contributed by atoms with Crippen LogP contribution in [0, 0.1) is 20.8 Å². The SMILES string of the molecule is CC(C)(C)c1ccc2cnoc2c1.CC(C)(C)c1ccc2ncoc2c1.CC(C)(C)c1ccc2nsnc2c1.CC(C)(C)c1ccc2occc2c1.CC(C)(C)c1ccc2oncc2c1.CC(C)(C)c1ccc2sncc2c1.Cc1ccc2c(c1)C=NC2.Cc1nc2cc(C(C)(C)C)ccc2o1.Cc1nc2ccc(C(C)(C)C)cc2o1.Cn1cnc2ccc(C(C)(C)C)cc21. The number of nitrogens with zero attached hydrogens (tertiary/aromatic N) is 11. The molecule has 0 amide bonds. The van der Waals surface area contributed by atoms with Crippen molar-refractivity contribution in [1.82, 2.24) is 47.9 Å². The number of aryl methyl sites for hydroxylation is 4. The molecule has 1 aliphatic rings. The van der Waals surface area contributed by atoms with E-state index in [0.717, 1.165) is 95.7 Å². The molecular formula is C111H133N11O6S2. The Kier molecular flexibility index (Phi) is 30.4. The lowest BCUT2D eigenvalue weighted by atomic mass is 9.86. The zero-order chi connectivity index (χ0) is 94.9. The van der Waals surface area contributed by atoms with Gasteiger partial charge in [-0.15, -0.1) is 0 Å². The summed E-state index contributed by atoms with van der Waals surface area (Å²) in [5.41, 5.74) is 29.9. The van der Waals surface area contributed by atoms with Crippen LogP contribution in [0.15, 0.2) is 257 Å². The summed E-state index contributed by atoms with van der Waals surface area (Å²) in [7, 11) is 2.03. The van der Waals surface area contributed by atoms with Gasteiger partial charge in [-0.3, -0.25) is 4.99 Å². The summed E-state index contributed by atoms with van der Waals surface area (Å²) in [6.07, 6.45) is 12.5. The van der Waals surface area contributed by atoms with Crippen LogP contribution >= 0.6 is 23.3 Å². The maximum Gasteiger partial charge on any atom is 0.192 e. The topological polar surface area (TPSA) is 212 Å². The van der Waals surface area contributed by atoms with Gasteiger partial charge < -0.3 is 31.3 Å². The molecule has 9 aromatic heterocycles. The fourth-order valence-corrected chi connectivity index (χ4v) is 15.0. The second-order valence-electron chi connectivity index (χ2n) is 42.7. The van der Waals surface area contributed by atoms with Crippen molar-refractivity contribution in [2.45, 2.75) is 263 Å². The average Bonchev–Trinajstić information content (AvgIpc) is 1.65. The van der Waals surface area contributed by atoms with Crippen molar-refractivity contribution in [2.75, 3.05) is 0 Å². The van der Waals surface area contributed by atoms with Crippen molar-refractivity contribution in [1.29, 1.82) is 0 Å². The van der Waals surface area contributed by atoms with Gasteiger partial charge in [0.05, 0.1) is 59.0 Å². The summed E-state index contributed by atoms with van der Waals surface area (Å²) < 4.78 is 47.5. The van der Waals surface area contributed by atoms with Gasteiger partial charge in [-0.2, -0.15) is 13.1 Å². The Labute approximate surface area is 776 Å². The number of aliphatic imine (C=N–C) groups is 1. The van der Waals surface area contributed by atoms with Crippen molar-refractivity contribution >= 4 is 128 Å². The molecule has 0 saturated carbocycles. The Bertz CT molecular complexity index is 6240. The molecule has 0 radical (unpaired) electrons. The van der Waals surface area contributed by atoms with Crippen LogP contribution < -0.4 is 0 Å². The Morgan fingerprint density at radius 1 is 0.331 bits per heavy atom. The first kappa shape index (κ1) is 98.5. The number of aromatic nitrogens is 10. The number of furan rings is 1. The highest BCUT2D eigenvalue weighted by Crippen LogP contribution is 2.35. The average molecular weight is 1780 g/mol. The molecule has 19 heteroatoms. The van der Waals surface area contributed by atoms with E-state index in [4.69, 9.17) is 26.7 Å². The van der Waals surface area contributed by atoms with Gasteiger partial charge in [-0.05, 0) is 244 Å². The Hall–Kier alpha value is -12.1. The lowest BCUT2D eigenvalue weighted by molar-refractivity contribution is 0.455. The van der Waals surface area contributed by atoms with Crippen molar-refractivity contribution in [3.05, 3.63) is 304 Å². The first-order valence-corrected chi connectivity index (χ1v) is 46.1. The quantitative estimate of drug-likeness (QED) is 0.138. The summed E-state index contributed by atoms with van der Waals surface area (Å²) in [6, 6.07) is 65.2. The Morgan fingerprint density at radius 3 is 1.38 bits per heavy atom. The molecular weight excluding hydrogens is 1650 g/mol. The molecule has 0 fully saturated rings. The summed E-state index contributed by atoms with van der Waals surface area (Å²) >= 11 is 2.83. The fourth-order valence-electron chi connectivity index (χ4n) is 13.8. The van der Waals surface area contributed by atoms with Crippen LogP contribution in [0.1, 0.15) is 265 Å². The van der Waals surface area contributed by atoms with Crippen LogP contribution in [-0.4, -0.2) is 54.2 Å². The number of oxazole rings is 3.